The molecule has 1 aromatic carbocycles. The Balaban J connectivity index is 1.85. The van der Waals surface area contributed by atoms with E-state index in [9.17, 15) is 5.11 Å². The summed E-state index contributed by atoms with van der Waals surface area (Å²) in [5.41, 5.74) is 1.07. The van der Waals surface area contributed by atoms with Gasteiger partial charge in [-0.15, -0.1) is 0 Å². The van der Waals surface area contributed by atoms with Crippen LogP contribution in [0.5, 0.6) is 0 Å². The number of hydrogen-bond donors (Lipinski definition) is 2. The molecule has 1 aliphatic rings. The lowest BCUT2D eigenvalue weighted by molar-refractivity contribution is 0.155. The molecule has 1 fully saturated rings. The lowest BCUT2D eigenvalue weighted by Crippen LogP contribution is -2.35. The summed E-state index contributed by atoms with van der Waals surface area (Å²) in [4.78, 5) is 0. The van der Waals surface area contributed by atoms with E-state index in [0.717, 1.165) is 6.54 Å². The Morgan fingerprint density at radius 2 is 1.95 bits per heavy atom. The molecule has 1 atom stereocenters. The van der Waals surface area contributed by atoms with Crippen molar-refractivity contribution in [3.8, 4) is 0 Å². The van der Waals surface area contributed by atoms with E-state index in [1.807, 2.05) is 0 Å². The third kappa shape index (κ3) is 4.36. The van der Waals surface area contributed by atoms with Crippen molar-refractivity contribution in [3.05, 3.63) is 33.8 Å². The summed E-state index contributed by atoms with van der Waals surface area (Å²) in [5, 5.41) is 14.8. The van der Waals surface area contributed by atoms with E-state index in [1.54, 1.807) is 18.2 Å². The zero-order valence-corrected chi connectivity index (χ0v) is 13.5. The molecule has 0 heterocycles. The van der Waals surface area contributed by atoms with Gasteiger partial charge in [0.15, 0.2) is 0 Å². The predicted molar refractivity (Wildman–Crippen MR) is 85.5 cm³/mol. The van der Waals surface area contributed by atoms with Crippen molar-refractivity contribution < 1.29 is 5.11 Å². The second-order valence-electron chi connectivity index (χ2n) is 6.18. The van der Waals surface area contributed by atoms with Crippen molar-refractivity contribution in [1.29, 1.82) is 0 Å². The highest BCUT2D eigenvalue weighted by Gasteiger charge is 2.26. The molecule has 2 rings (SSSR count). The van der Waals surface area contributed by atoms with E-state index in [2.05, 4.69) is 12.2 Å². The molecule has 0 radical (unpaired) electrons. The molecular weight excluding hydrogens is 293 g/mol. The fourth-order valence-electron chi connectivity index (χ4n) is 2.97. The van der Waals surface area contributed by atoms with E-state index in [1.165, 1.54) is 32.1 Å². The van der Waals surface area contributed by atoms with Gasteiger partial charge in [0.25, 0.3) is 0 Å². The molecule has 112 valence electrons. The molecule has 1 saturated carbocycles. The van der Waals surface area contributed by atoms with Crippen LogP contribution in [0.1, 0.15) is 50.7 Å². The van der Waals surface area contributed by atoms with Crippen LogP contribution in [0.25, 0.3) is 0 Å². The van der Waals surface area contributed by atoms with Crippen LogP contribution < -0.4 is 5.32 Å². The van der Waals surface area contributed by atoms with Crippen molar-refractivity contribution >= 4 is 23.2 Å². The zero-order valence-electron chi connectivity index (χ0n) is 12.0. The lowest BCUT2D eigenvalue weighted by atomic mass is 9.76. The van der Waals surface area contributed by atoms with Crippen LogP contribution in [-0.4, -0.2) is 18.2 Å². The SMILES string of the molecule is CC1(CNCC(O)c2cc(Cl)ccc2Cl)CCCCC1. The molecule has 0 saturated heterocycles. The minimum absolute atomic E-state index is 0.371. The average molecular weight is 316 g/mol. The first kappa shape index (κ1) is 16.1. The van der Waals surface area contributed by atoms with Crippen molar-refractivity contribution in [1.82, 2.24) is 5.32 Å². The van der Waals surface area contributed by atoms with Crippen LogP contribution in [0, 0.1) is 5.41 Å². The van der Waals surface area contributed by atoms with Gasteiger partial charge in [0.2, 0.25) is 0 Å². The smallest absolute Gasteiger partial charge is 0.0929 e. The fraction of sp³-hybridized carbons (Fsp3) is 0.625. The number of aliphatic hydroxyl groups excluding tert-OH is 1. The quantitative estimate of drug-likeness (QED) is 0.833. The van der Waals surface area contributed by atoms with Crippen molar-refractivity contribution in [2.75, 3.05) is 13.1 Å². The van der Waals surface area contributed by atoms with E-state index in [-0.39, 0.29) is 0 Å². The monoisotopic (exact) mass is 315 g/mol. The predicted octanol–water partition coefficient (Wildman–Crippen LogP) is 4.59. The topological polar surface area (TPSA) is 32.3 Å². The Kier molecular flexibility index (Phi) is 5.74. The van der Waals surface area contributed by atoms with Gasteiger partial charge in [-0.25, -0.2) is 0 Å². The molecule has 4 heteroatoms. The van der Waals surface area contributed by atoms with Gasteiger partial charge in [-0.2, -0.15) is 0 Å². The summed E-state index contributed by atoms with van der Waals surface area (Å²) in [5.74, 6) is 0. The van der Waals surface area contributed by atoms with Crippen molar-refractivity contribution in [2.45, 2.75) is 45.1 Å². The number of aliphatic hydroxyl groups is 1. The second kappa shape index (κ2) is 7.13. The number of halogens is 2. The number of rotatable bonds is 5. The van der Waals surface area contributed by atoms with E-state index in [4.69, 9.17) is 23.2 Å². The minimum Gasteiger partial charge on any atom is -0.387 e. The number of hydrogen-bond acceptors (Lipinski definition) is 2. The summed E-state index contributed by atoms with van der Waals surface area (Å²) in [6.07, 6.45) is 5.92. The van der Waals surface area contributed by atoms with E-state index < -0.39 is 6.10 Å². The Hall–Kier alpha value is -0.280. The molecule has 0 spiro atoms. The first-order chi connectivity index (χ1) is 9.50. The Morgan fingerprint density at radius 3 is 2.65 bits per heavy atom. The maximum absolute atomic E-state index is 10.2. The lowest BCUT2D eigenvalue weighted by Gasteiger charge is -2.34. The van der Waals surface area contributed by atoms with Gasteiger partial charge >= 0.3 is 0 Å². The molecule has 20 heavy (non-hydrogen) atoms. The van der Waals surface area contributed by atoms with Crippen LogP contribution in [-0.2, 0) is 0 Å². The first-order valence-corrected chi connectivity index (χ1v) is 8.09. The highest BCUT2D eigenvalue weighted by molar-refractivity contribution is 6.33. The number of nitrogens with one attached hydrogen (secondary N) is 1. The molecule has 0 bridgehead atoms. The molecule has 0 aromatic heterocycles. The van der Waals surface area contributed by atoms with Gasteiger partial charge in [-0.3, -0.25) is 0 Å². The Bertz CT molecular complexity index is 444. The molecule has 0 amide bonds. The molecule has 1 aromatic rings. The molecule has 1 aliphatic carbocycles. The third-order valence-electron chi connectivity index (χ3n) is 4.27. The van der Waals surface area contributed by atoms with Gasteiger partial charge in [-0.1, -0.05) is 49.4 Å². The largest absolute Gasteiger partial charge is 0.387 e. The normalized spacial score (nSPS) is 19.8. The summed E-state index contributed by atoms with van der Waals surface area (Å²) < 4.78 is 0. The second-order valence-corrected chi connectivity index (χ2v) is 7.03. The summed E-state index contributed by atoms with van der Waals surface area (Å²) in [6.45, 7) is 3.79. The summed E-state index contributed by atoms with van der Waals surface area (Å²) >= 11 is 12.0. The zero-order chi connectivity index (χ0) is 14.6. The highest BCUT2D eigenvalue weighted by Crippen LogP contribution is 2.35. The number of benzene rings is 1. The molecule has 1 unspecified atom stereocenters. The van der Waals surface area contributed by atoms with Gasteiger partial charge in [-0.05, 0) is 36.5 Å². The minimum atomic E-state index is -0.617. The van der Waals surface area contributed by atoms with Crippen LogP contribution in [0.3, 0.4) is 0 Å². The van der Waals surface area contributed by atoms with E-state index >= 15 is 0 Å². The maximum atomic E-state index is 10.2. The van der Waals surface area contributed by atoms with Crippen molar-refractivity contribution in [3.63, 3.8) is 0 Å². The summed E-state index contributed by atoms with van der Waals surface area (Å²) in [7, 11) is 0. The van der Waals surface area contributed by atoms with Crippen LogP contribution in [0.2, 0.25) is 10.0 Å². The first-order valence-electron chi connectivity index (χ1n) is 7.34. The highest BCUT2D eigenvalue weighted by atomic mass is 35.5. The molecular formula is C16H23Cl2NO. The molecule has 2 nitrogen and oxygen atoms in total. The van der Waals surface area contributed by atoms with Gasteiger partial charge in [0.05, 0.1) is 6.10 Å². The Labute approximate surface area is 131 Å². The fourth-order valence-corrected chi connectivity index (χ4v) is 3.40. The summed E-state index contributed by atoms with van der Waals surface area (Å²) in [6, 6.07) is 5.19. The average Bonchev–Trinajstić information content (AvgIpc) is 2.42. The third-order valence-corrected chi connectivity index (χ3v) is 4.85. The van der Waals surface area contributed by atoms with Gasteiger partial charge < -0.3 is 10.4 Å². The van der Waals surface area contributed by atoms with Crippen LogP contribution in [0.15, 0.2) is 18.2 Å². The molecule has 0 aliphatic heterocycles. The van der Waals surface area contributed by atoms with Gasteiger partial charge in [0.1, 0.15) is 0 Å². The van der Waals surface area contributed by atoms with Crippen LogP contribution >= 0.6 is 23.2 Å². The molecule has 2 N–H and O–H groups in total. The van der Waals surface area contributed by atoms with Gasteiger partial charge in [0, 0.05) is 28.7 Å². The van der Waals surface area contributed by atoms with E-state index in [0.29, 0.717) is 27.6 Å². The van der Waals surface area contributed by atoms with Crippen LogP contribution in [0.4, 0.5) is 0 Å². The van der Waals surface area contributed by atoms with Crippen molar-refractivity contribution in [2.24, 2.45) is 5.41 Å². The maximum Gasteiger partial charge on any atom is 0.0929 e. The standard InChI is InChI=1S/C16H23Cl2NO/c1-16(7-3-2-4-8-16)11-19-10-15(20)13-9-12(17)5-6-14(13)18/h5-6,9,15,19-20H,2-4,7-8,10-11H2,1H3. The Morgan fingerprint density at radius 1 is 1.25 bits per heavy atom.